The Bertz CT molecular complexity index is 1090. The average Bonchev–Trinajstić information content (AvgIpc) is 2.69. The maximum atomic E-state index is 13.0. The second-order valence-electron chi connectivity index (χ2n) is 6.20. The number of amides is 1. The van der Waals surface area contributed by atoms with E-state index in [1.54, 1.807) is 31.2 Å². The number of aryl methyl sites for hydroxylation is 1. The van der Waals surface area contributed by atoms with Crippen molar-refractivity contribution in [3.05, 3.63) is 70.5 Å². The largest absolute Gasteiger partial charge is 0.417 e. The van der Waals surface area contributed by atoms with Gasteiger partial charge in [-0.15, -0.1) is 0 Å². The first-order valence-corrected chi connectivity index (χ1v) is 8.91. The molecule has 7 nitrogen and oxygen atoms in total. The predicted molar refractivity (Wildman–Crippen MR) is 108 cm³/mol. The molecule has 156 valence electrons. The van der Waals surface area contributed by atoms with Crippen molar-refractivity contribution in [2.75, 3.05) is 16.5 Å². The zero-order valence-corrected chi connectivity index (χ0v) is 16.3. The molecular formula is C19H16ClF3N6O. The van der Waals surface area contributed by atoms with Crippen LogP contribution in [0.1, 0.15) is 21.5 Å². The van der Waals surface area contributed by atoms with Crippen LogP contribution in [0.3, 0.4) is 0 Å². The third-order valence-electron chi connectivity index (χ3n) is 4.10. The molecule has 0 spiro atoms. The van der Waals surface area contributed by atoms with Crippen molar-refractivity contribution in [3.8, 4) is 0 Å². The molecule has 0 bridgehead atoms. The van der Waals surface area contributed by atoms with E-state index in [2.05, 4.69) is 26.1 Å². The number of benzene rings is 2. The highest BCUT2D eigenvalue weighted by molar-refractivity contribution is 6.31. The van der Waals surface area contributed by atoms with Crippen molar-refractivity contribution >= 4 is 40.5 Å². The van der Waals surface area contributed by atoms with Gasteiger partial charge in [-0.3, -0.25) is 15.6 Å². The van der Waals surface area contributed by atoms with Crippen molar-refractivity contribution < 1.29 is 18.0 Å². The molecule has 0 fully saturated rings. The van der Waals surface area contributed by atoms with Crippen LogP contribution in [0.15, 0.2) is 48.8 Å². The number of carbonyl (C=O) groups is 1. The summed E-state index contributed by atoms with van der Waals surface area (Å²) in [5, 5.41) is 2.27. The Morgan fingerprint density at radius 1 is 1.10 bits per heavy atom. The van der Waals surface area contributed by atoms with Gasteiger partial charge < -0.3 is 11.1 Å². The molecular weight excluding hydrogens is 421 g/mol. The maximum Gasteiger partial charge on any atom is 0.417 e. The van der Waals surface area contributed by atoms with E-state index in [4.69, 9.17) is 17.3 Å². The number of aromatic nitrogens is 2. The van der Waals surface area contributed by atoms with Crippen LogP contribution in [-0.2, 0) is 6.18 Å². The van der Waals surface area contributed by atoms with Gasteiger partial charge in [0.05, 0.1) is 10.6 Å². The molecule has 3 rings (SSSR count). The summed E-state index contributed by atoms with van der Waals surface area (Å²) in [6, 6.07) is 10.3. The van der Waals surface area contributed by atoms with Crippen LogP contribution in [0.4, 0.5) is 36.2 Å². The fraction of sp³-hybridized carbons (Fsp3) is 0.105. The highest BCUT2D eigenvalue weighted by Gasteiger charge is 2.33. The summed E-state index contributed by atoms with van der Waals surface area (Å²) in [6.07, 6.45) is -3.47. The highest BCUT2D eigenvalue weighted by atomic mass is 35.5. The molecule has 5 N–H and O–H groups in total. The molecule has 1 heterocycles. The molecule has 3 aromatic rings. The summed E-state index contributed by atoms with van der Waals surface area (Å²) in [6.45, 7) is 1.79. The summed E-state index contributed by atoms with van der Waals surface area (Å²) < 4.78 is 39.1. The van der Waals surface area contributed by atoms with E-state index in [0.29, 0.717) is 5.56 Å². The number of hydrogen-bond acceptors (Lipinski definition) is 6. The first-order chi connectivity index (χ1) is 14.2. The van der Waals surface area contributed by atoms with E-state index < -0.39 is 22.7 Å². The van der Waals surface area contributed by atoms with Crippen LogP contribution in [0.25, 0.3) is 0 Å². The molecule has 0 aliphatic rings. The molecule has 0 saturated carbocycles. The molecule has 0 aliphatic carbocycles. The Morgan fingerprint density at radius 3 is 2.50 bits per heavy atom. The summed E-state index contributed by atoms with van der Waals surface area (Å²) >= 11 is 5.62. The van der Waals surface area contributed by atoms with Gasteiger partial charge in [-0.25, -0.2) is 9.97 Å². The summed E-state index contributed by atoms with van der Waals surface area (Å²) in [5.74, 6) is -0.291. The Labute approximate surface area is 174 Å². The number of halogens is 4. The van der Waals surface area contributed by atoms with E-state index in [0.717, 1.165) is 24.0 Å². The van der Waals surface area contributed by atoms with Gasteiger partial charge >= 0.3 is 6.18 Å². The van der Waals surface area contributed by atoms with Gasteiger partial charge in [-0.05, 0) is 36.8 Å². The standard InChI is InChI=1S/C19H16ClF3N6O/c1-10-4-2-3-5-12(10)18(30)29-28-17-15(24)16(25-9-26-17)27-11-6-7-14(20)13(8-11)19(21,22)23/h2-9H,24H2,1H3,(H,29,30)(H2,25,26,27,28). The molecule has 11 heteroatoms. The minimum atomic E-state index is -4.61. The van der Waals surface area contributed by atoms with Crippen LogP contribution in [-0.4, -0.2) is 15.9 Å². The minimum absolute atomic E-state index is 0.00825. The number of alkyl halides is 3. The topological polar surface area (TPSA) is 105 Å². The van der Waals surface area contributed by atoms with Crippen LogP contribution in [0.5, 0.6) is 0 Å². The smallest absolute Gasteiger partial charge is 0.393 e. The number of hydrogen-bond donors (Lipinski definition) is 4. The molecule has 0 atom stereocenters. The van der Waals surface area contributed by atoms with Gasteiger partial charge in [0, 0.05) is 11.3 Å². The van der Waals surface area contributed by atoms with Crippen molar-refractivity contribution in [1.29, 1.82) is 0 Å². The lowest BCUT2D eigenvalue weighted by molar-refractivity contribution is -0.137. The van der Waals surface area contributed by atoms with E-state index in [1.807, 2.05) is 0 Å². The molecule has 0 aliphatic heterocycles. The van der Waals surface area contributed by atoms with Crippen LogP contribution in [0, 0.1) is 6.92 Å². The van der Waals surface area contributed by atoms with Crippen LogP contribution < -0.4 is 21.9 Å². The second-order valence-corrected chi connectivity index (χ2v) is 6.60. The summed E-state index contributed by atoms with van der Waals surface area (Å²) in [5.41, 5.74) is 11.4. The van der Waals surface area contributed by atoms with Crippen molar-refractivity contribution in [3.63, 3.8) is 0 Å². The Kier molecular flexibility index (Phi) is 5.97. The SMILES string of the molecule is Cc1ccccc1C(=O)NNc1ncnc(Nc2ccc(Cl)c(C(F)(F)F)c2)c1N. The number of hydrazine groups is 1. The quantitative estimate of drug-likeness (QED) is 0.438. The third-order valence-corrected chi connectivity index (χ3v) is 4.43. The van der Waals surface area contributed by atoms with Crippen molar-refractivity contribution in [1.82, 2.24) is 15.4 Å². The summed E-state index contributed by atoms with van der Waals surface area (Å²) in [4.78, 5) is 20.2. The third kappa shape index (κ3) is 4.71. The lowest BCUT2D eigenvalue weighted by atomic mass is 10.1. The van der Waals surface area contributed by atoms with Gasteiger partial charge in [0.25, 0.3) is 5.91 Å². The molecule has 2 aromatic carbocycles. The zero-order valence-electron chi connectivity index (χ0n) is 15.5. The molecule has 0 radical (unpaired) electrons. The fourth-order valence-corrected chi connectivity index (χ4v) is 2.79. The number of nitrogens with zero attached hydrogens (tertiary/aromatic N) is 2. The van der Waals surface area contributed by atoms with E-state index in [1.165, 1.54) is 6.07 Å². The normalized spacial score (nSPS) is 11.1. The van der Waals surface area contributed by atoms with Gasteiger partial charge in [-0.1, -0.05) is 29.8 Å². The molecule has 0 saturated heterocycles. The Morgan fingerprint density at radius 2 is 1.80 bits per heavy atom. The second kappa shape index (κ2) is 8.46. The number of nitrogens with two attached hydrogens (primary N) is 1. The van der Waals surface area contributed by atoms with Gasteiger partial charge in [0.1, 0.15) is 12.0 Å². The van der Waals surface area contributed by atoms with E-state index in [-0.39, 0.29) is 23.0 Å². The molecule has 30 heavy (non-hydrogen) atoms. The molecule has 1 aromatic heterocycles. The summed E-state index contributed by atoms with van der Waals surface area (Å²) in [7, 11) is 0. The lowest BCUT2D eigenvalue weighted by Crippen LogP contribution is -2.30. The van der Waals surface area contributed by atoms with Crippen molar-refractivity contribution in [2.45, 2.75) is 13.1 Å². The lowest BCUT2D eigenvalue weighted by Gasteiger charge is -2.15. The van der Waals surface area contributed by atoms with Gasteiger partial charge in [0.2, 0.25) is 0 Å². The number of rotatable bonds is 5. The number of anilines is 4. The average molecular weight is 437 g/mol. The number of carbonyl (C=O) groups excluding carboxylic acids is 1. The van der Waals surface area contributed by atoms with Gasteiger partial charge in [-0.2, -0.15) is 13.2 Å². The maximum absolute atomic E-state index is 13.0. The van der Waals surface area contributed by atoms with Crippen molar-refractivity contribution in [2.24, 2.45) is 0 Å². The zero-order chi connectivity index (χ0) is 21.9. The monoisotopic (exact) mass is 436 g/mol. The van der Waals surface area contributed by atoms with E-state index in [9.17, 15) is 18.0 Å². The first-order valence-electron chi connectivity index (χ1n) is 8.53. The highest BCUT2D eigenvalue weighted by Crippen LogP contribution is 2.37. The Balaban J connectivity index is 1.77. The van der Waals surface area contributed by atoms with Crippen LogP contribution >= 0.6 is 11.6 Å². The van der Waals surface area contributed by atoms with Gasteiger partial charge in [0.15, 0.2) is 11.6 Å². The predicted octanol–water partition coefficient (Wildman–Crippen LogP) is 4.54. The molecule has 0 unspecified atom stereocenters. The fourth-order valence-electron chi connectivity index (χ4n) is 2.56. The number of nitrogens with one attached hydrogen (secondary N) is 3. The first kappa shape index (κ1) is 21.2. The molecule has 1 amide bonds. The minimum Gasteiger partial charge on any atom is -0.393 e. The van der Waals surface area contributed by atoms with Crippen LogP contribution in [0.2, 0.25) is 5.02 Å². The Hall–Kier alpha value is -3.53. The van der Waals surface area contributed by atoms with E-state index >= 15 is 0 Å². The number of nitrogen functional groups attached to an aromatic ring is 1.